The summed E-state index contributed by atoms with van der Waals surface area (Å²) in [7, 11) is 0. The molecule has 0 atom stereocenters. The molecular formula is C11H13NO. The van der Waals surface area contributed by atoms with Gasteiger partial charge in [0.05, 0.1) is 13.2 Å². The van der Waals surface area contributed by atoms with E-state index < -0.39 is 0 Å². The fourth-order valence-corrected chi connectivity index (χ4v) is 2.43. The first-order valence-electron chi connectivity index (χ1n) is 4.80. The maximum Gasteiger partial charge on any atom is 0.0551 e. The summed E-state index contributed by atoms with van der Waals surface area (Å²) in [5.74, 6) is 0. The van der Waals surface area contributed by atoms with Gasteiger partial charge in [0.1, 0.15) is 0 Å². The third-order valence-corrected chi connectivity index (χ3v) is 3.17. The van der Waals surface area contributed by atoms with Crippen molar-refractivity contribution in [1.29, 1.82) is 0 Å². The highest BCUT2D eigenvalue weighted by Crippen LogP contribution is 2.42. The first kappa shape index (κ1) is 7.51. The second-order valence-electron chi connectivity index (χ2n) is 4.44. The molecular weight excluding hydrogens is 162 g/mol. The summed E-state index contributed by atoms with van der Waals surface area (Å²) in [5, 5.41) is 0. The molecule has 0 N–H and O–H groups in total. The van der Waals surface area contributed by atoms with E-state index in [1.54, 1.807) is 0 Å². The van der Waals surface area contributed by atoms with Crippen LogP contribution in [0.4, 0.5) is 0 Å². The highest BCUT2D eigenvalue weighted by atomic mass is 16.5. The van der Waals surface area contributed by atoms with Crippen molar-refractivity contribution in [3.63, 3.8) is 0 Å². The Balaban J connectivity index is 1.99. The average molecular weight is 175 g/mol. The van der Waals surface area contributed by atoms with Crippen LogP contribution in [0.15, 0.2) is 12.3 Å². The van der Waals surface area contributed by atoms with Crippen LogP contribution in [0.1, 0.15) is 16.8 Å². The van der Waals surface area contributed by atoms with Crippen molar-refractivity contribution in [2.45, 2.75) is 19.8 Å². The third-order valence-electron chi connectivity index (χ3n) is 3.17. The van der Waals surface area contributed by atoms with Crippen LogP contribution in [-0.2, 0) is 17.6 Å². The molecule has 0 saturated carbocycles. The summed E-state index contributed by atoms with van der Waals surface area (Å²) in [4.78, 5) is 4.33. The van der Waals surface area contributed by atoms with Gasteiger partial charge in [-0.3, -0.25) is 4.98 Å². The second kappa shape index (κ2) is 2.32. The van der Waals surface area contributed by atoms with E-state index in [4.69, 9.17) is 4.74 Å². The lowest BCUT2D eigenvalue weighted by molar-refractivity contribution is -0.106. The Hall–Kier alpha value is -0.890. The van der Waals surface area contributed by atoms with E-state index in [0.29, 0.717) is 5.41 Å². The SMILES string of the molecule is Cc1cc2c(cn1)CC1(COC1)C2. The highest BCUT2D eigenvalue weighted by Gasteiger charge is 2.43. The molecule has 2 aliphatic rings. The van der Waals surface area contributed by atoms with Crippen molar-refractivity contribution in [1.82, 2.24) is 4.98 Å². The van der Waals surface area contributed by atoms with Gasteiger partial charge in [0.2, 0.25) is 0 Å². The maximum atomic E-state index is 5.30. The van der Waals surface area contributed by atoms with E-state index in [0.717, 1.165) is 18.9 Å². The van der Waals surface area contributed by atoms with Crippen molar-refractivity contribution in [3.05, 3.63) is 29.1 Å². The van der Waals surface area contributed by atoms with E-state index in [1.807, 2.05) is 6.20 Å². The summed E-state index contributed by atoms with van der Waals surface area (Å²) in [6, 6.07) is 2.22. The van der Waals surface area contributed by atoms with E-state index in [1.165, 1.54) is 24.0 Å². The number of aryl methyl sites for hydroxylation is 1. The first-order valence-corrected chi connectivity index (χ1v) is 4.80. The van der Waals surface area contributed by atoms with Gasteiger partial charge in [-0.2, -0.15) is 0 Å². The molecule has 13 heavy (non-hydrogen) atoms. The Morgan fingerprint density at radius 1 is 1.31 bits per heavy atom. The molecule has 68 valence electrons. The summed E-state index contributed by atoms with van der Waals surface area (Å²) < 4.78 is 5.30. The first-order chi connectivity index (χ1) is 6.27. The molecule has 2 heterocycles. The smallest absolute Gasteiger partial charge is 0.0551 e. The maximum absolute atomic E-state index is 5.30. The molecule has 1 aliphatic heterocycles. The van der Waals surface area contributed by atoms with E-state index in [2.05, 4.69) is 18.0 Å². The van der Waals surface area contributed by atoms with Gasteiger partial charge in [-0.1, -0.05) is 0 Å². The number of rotatable bonds is 0. The van der Waals surface area contributed by atoms with Gasteiger partial charge >= 0.3 is 0 Å². The minimum absolute atomic E-state index is 0.456. The van der Waals surface area contributed by atoms with Gasteiger partial charge in [-0.15, -0.1) is 0 Å². The molecule has 2 heteroatoms. The minimum Gasteiger partial charge on any atom is -0.380 e. The Kier molecular flexibility index (Phi) is 1.34. The van der Waals surface area contributed by atoms with Crippen LogP contribution in [0.5, 0.6) is 0 Å². The van der Waals surface area contributed by atoms with Crippen molar-refractivity contribution in [2.75, 3.05) is 13.2 Å². The van der Waals surface area contributed by atoms with Crippen molar-refractivity contribution < 1.29 is 4.74 Å². The van der Waals surface area contributed by atoms with Crippen LogP contribution < -0.4 is 0 Å². The van der Waals surface area contributed by atoms with Crippen LogP contribution in [0.2, 0.25) is 0 Å². The molecule has 0 aromatic carbocycles. The lowest BCUT2D eigenvalue weighted by Gasteiger charge is -2.37. The predicted octanol–water partition coefficient (Wildman–Crippen LogP) is 1.51. The number of ether oxygens (including phenoxy) is 1. The zero-order valence-corrected chi connectivity index (χ0v) is 7.84. The van der Waals surface area contributed by atoms with Gasteiger partial charge in [-0.25, -0.2) is 0 Å². The predicted molar refractivity (Wildman–Crippen MR) is 49.6 cm³/mol. The average Bonchev–Trinajstić information content (AvgIpc) is 2.41. The van der Waals surface area contributed by atoms with Crippen LogP contribution in [0.25, 0.3) is 0 Å². The van der Waals surface area contributed by atoms with Crippen LogP contribution in [0, 0.1) is 12.3 Å². The molecule has 1 aromatic rings. The highest BCUT2D eigenvalue weighted by molar-refractivity contribution is 5.34. The van der Waals surface area contributed by atoms with E-state index in [9.17, 15) is 0 Å². The van der Waals surface area contributed by atoms with Gasteiger partial charge in [0, 0.05) is 17.3 Å². The zero-order chi connectivity index (χ0) is 8.89. The molecule has 1 fully saturated rings. The van der Waals surface area contributed by atoms with E-state index in [-0.39, 0.29) is 0 Å². The lowest BCUT2D eigenvalue weighted by atomic mass is 9.83. The van der Waals surface area contributed by atoms with Crippen molar-refractivity contribution >= 4 is 0 Å². The van der Waals surface area contributed by atoms with Crippen LogP contribution in [-0.4, -0.2) is 18.2 Å². The summed E-state index contributed by atoms with van der Waals surface area (Å²) in [5.41, 5.74) is 4.53. The van der Waals surface area contributed by atoms with Crippen LogP contribution >= 0.6 is 0 Å². The molecule has 3 rings (SSSR count). The van der Waals surface area contributed by atoms with Gasteiger partial charge < -0.3 is 4.74 Å². The monoisotopic (exact) mass is 175 g/mol. The zero-order valence-electron chi connectivity index (χ0n) is 7.84. The molecule has 0 bridgehead atoms. The molecule has 0 radical (unpaired) electrons. The minimum atomic E-state index is 0.456. The number of aromatic nitrogens is 1. The molecule has 1 saturated heterocycles. The molecule has 1 aliphatic carbocycles. The Bertz CT molecular complexity index is 355. The summed E-state index contributed by atoms with van der Waals surface area (Å²) >= 11 is 0. The summed E-state index contributed by atoms with van der Waals surface area (Å²) in [6.45, 7) is 3.95. The normalized spacial score (nSPS) is 22.8. The number of fused-ring (bicyclic) bond motifs is 1. The molecule has 1 aromatic heterocycles. The topological polar surface area (TPSA) is 22.1 Å². The second-order valence-corrected chi connectivity index (χ2v) is 4.44. The number of hydrogen-bond donors (Lipinski definition) is 0. The molecule has 0 unspecified atom stereocenters. The molecule has 2 nitrogen and oxygen atoms in total. The van der Waals surface area contributed by atoms with E-state index >= 15 is 0 Å². The Morgan fingerprint density at radius 2 is 2.08 bits per heavy atom. The number of nitrogens with zero attached hydrogens (tertiary/aromatic N) is 1. The van der Waals surface area contributed by atoms with Crippen molar-refractivity contribution in [2.24, 2.45) is 5.41 Å². The van der Waals surface area contributed by atoms with Gasteiger partial charge in [0.15, 0.2) is 0 Å². The van der Waals surface area contributed by atoms with Crippen LogP contribution in [0.3, 0.4) is 0 Å². The van der Waals surface area contributed by atoms with Crippen molar-refractivity contribution in [3.8, 4) is 0 Å². The quantitative estimate of drug-likeness (QED) is 0.596. The number of hydrogen-bond acceptors (Lipinski definition) is 2. The van der Waals surface area contributed by atoms with Gasteiger partial charge in [-0.05, 0) is 37.0 Å². The standard InChI is InChI=1S/C11H13NO/c1-8-2-9-3-11(6-13-7-11)4-10(9)5-12-8/h2,5H,3-4,6-7H2,1H3. The lowest BCUT2D eigenvalue weighted by Crippen LogP contribution is -2.43. The fourth-order valence-electron chi connectivity index (χ4n) is 2.43. The summed E-state index contributed by atoms with van der Waals surface area (Å²) in [6.07, 6.45) is 4.42. The Morgan fingerprint density at radius 3 is 2.77 bits per heavy atom. The largest absolute Gasteiger partial charge is 0.380 e. The molecule has 1 spiro atoms. The third kappa shape index (κ3) is 1.02. The van der Waals surface area contributed by atoms with Gasteiger partial charge in [0.25, 0.3) is 0 Å². The molecule has 0 amide bonds. The number of pyridine rings is 1. The fraction of sp³-hybridized carbons (Fsp3) is 0.545. The Labute approximate surface area is 77.9 Å².